The van der Waals surface area contributed by atoms with Crippen molar-refractivity contribution in [3.8, 4) is 56.7 Å². The van der Waals surface area contributed by atoms with E-state index in [2.05, 4.69) is 129 Å². The molecule has 658 valence electrons. The first kappa shape index (κ1) is 91.6. The van der Waals surface area contributed by atoms with E-state index in [0.29, 0.717) is 16.7 Å². The van der Waals surface area contributed by atoms with Gasteiger partial charge in [-0.3, -0.25) is 24.9 Å². The molecule has 3 aromatic carbocycles. The van der Waals surface area contributed by atoms with Crippen molar-refractivity contribution >= 4 is 40.5 Å². The number of Topliss-reactive ketones (excluding diaryl/α,β-unsaturated/α-hetero) is 5. The molecule has 9 aromatic rings. The molecule has 0 saturated heterocycles. The fourth-order valence-electron chi connectivity index (χ4n) is 23.9. The molecule has 0 spiro atoms. The zero-order valence-electron chi connectivity index (χ0n) is 77.2. The van der Waals surface area contributed by atoms with Gasteiger partial charge in [0.05, 0.1) is 98.3 Å². The molecule has 10 aliphatic rings. The van der Waals surface area contributed by atoms with Crippen LogP contribution < -0.4 is 9.47 Å². The molecule has 0 unspecified atom stereocenters. The van der Waals surface area contributed by atoms with Crippen LogP contribution in [-0.4, -0.2) is 78.0 Å². The first-order chi connectivity index (χ1) is 61.8. The third kappa shape index (κ3) is 15.5. The Hall–Kier alpha value is -13.1. The Labute approximate surface area is 768 Å². The van der Waals surface area contributed by atoms with Gasteiger partial charge < -0.3 is 33.4 Å². The number of aromatic nitrogens is 7. The van der Waals surface area contributed by atoms with Gasteiger partial charge in [-0.2, -0.15) is 4.98 Å². The molecule has 0 radical (unpaired) electrons. The van der Waals surface area contributed by atoms with Gasteiger partial charge in [0.15, 0.2) is 28.9 Å². The van der Waals surface area contributed by atoms with Crippen LogP contribution in [0.2, 0.25) is 5.02 Å². The van der Waals surface area contributed by atoms with Crippen molar-refractivity contribution < 1.29 is 33.4 Å². The van der Waals surface area contributed by atoms with E-state index in [9.17, 15) is 24.0 Å². The maximum Gasteiger partial charge on any atom is 0.226 e. The fraction of sp³-hybridized carbons (Fsp3) is 0.391. The number of allylic oxidation sites excluding steroid dienone is 10. The maximum atomic E-state index is 12.8. The number of ketones is 5. The number of ether oxygens (including phenoxy) is 2. The predicted octanol–water partition coefficient (Wildman–Crippen LogP) is 23.0. The van der Waals surface area contributed by atoms with Crippen molar-refractivity contribution in [2.75, 3.05) is 14.2 Å². The van der Waals surface area contributed by atoms with E-state index in [1.165, 1.54) is 22.3 Å². The summed E-state index contributed by atoms with van der Waals surface area (Å²) in [6.45, 7) is 67.6. The lowest BCUT2D eigenvalue weighted by atomic mass is 9.53. The number of methoxy groups -OCH3 is 2. The van der Waals surface area contributed by atoms with Gasteiger partial charge in [-0.25, -0.2) is 29.2 Å². The molecule has 19 nitrogen and oxygen atoms in total. The molecule has 0 bridgehead atoms. The number of pyridine rings is 5. The number of nitrogens with zero attached hydrogens (tertiary/aromatic N) is 12. The van der Waals surface area contributed by atoms with Crippen LogP contribution in [0.3, 0.4) is 0 Å². The van der Waals surface area contributed by atoms with Crippen molar-refractivity contribution in [2.24, 2.45) is 57.2 Å². The average molecular weight is 1750 g/mol. The molecule has 130 heavy (non-hydrogen) atoms. The summed E-state index contributed by atoms with van der Waals surface area (Å²) in [5, 5.41) is 0.666. The zero-order chi connectivity index (χ0) is 93.3. The lowest BCUT2D eigenvalue weighted by molar-refractivity contribution is -0.129. The van der Waals surface area contributed by atoms with Crippen LogP contribution in [0.25, 0.3) is 69.3 Å². The average Bonchev–Trinajstić information content (AvgIpc) is 0.734. The second kappa shape index (κ2) is 34.7. The second-order valence-electron chi connectivity index (χ2n) is 39.5. The summed E-state index contributed by atoms with van der Waals surface area (Å²) >= 11 is 6.39. The van der Waals surface area contributed by atoms with Gasteiger partial charge in [0.25, 0.3) is 0 Å². The molecular weight excluding hydrogens is 1640 g/mol. The van der Waals surface area contributed by atoms with E-state index in [1.807, 2.05) is 190 Å². The Bertz CT molecular complexity index is 6560. The maximum absolute atomic E-state index is 12.8. The van der Waals surface area contributed by atoms with Gasteiger partial charge in [-0.15, -0.1) is 0 Å². The molecule has 19 rings (SSSR count). The minimum atomic E-state index is -0.580. The van der Waals surface area contributed by atoms with Crippen molar-refractivity contribution in [2.45, 2.75) is 202 Å². The molecule has 10 aliphatic carbocycles. The number of fused-ring (bicyclic) bond motifs is 15. The molecule has 6 aromatic heterocycles. The smallest absolute Gasteiger partial charge is 0.226 e. The molecule has 11 atom stereocenters. The number of rotatable bonds is 7. The molecule has 0 saturated carbocycles. The number of hydrogen-bond acceptors (Lipinski definition) is 14. The molecule has 20 heteroatoms. The molecular formula is C110H109ClN12O7. The lowest BCUT2D eigenvalue weighted by Gasteiger charge is -2.50. The van der Waals surface area contributed by atoms with Crippen LogP contribution in [-0.2, 0) is 83.2 Å². The van der Waals surface area contributed by atoms with Gasteiger partial charge in [-0.1, -0.05) is 212 Å². The van der Waals surface area contributed by atoms with Crippen molar-refractivity contribution in [3.05, 3.63) is 335 Å². The first-order valence-electron chi connectivity index (χ1n) is 44.8. The summed E-state index contributed by atoms with van der Waals surface area (Å²) in [4.78, 5) is 115. The normalized spacial score (nSPS) is 26.5. The van der Waals surface area contributed by atoms with E-state index in [4.69, 9.17) is 73.9 Å². The van der Waals surface area contributed by atoms with Crippen LogP contribution in [0.5, 0.6) is 11.6 Å². The van der Waals surface area contributed by atoms with E-state index in [0.717, 1.165) is 155 Å². The summed E-state index contributed by atoms with van der Waals surface area (Å²) in [7, 11) is 3.27. The standard InChI is InChI=1S/C24H24N2O2.C23H21ClN2O.C23H22N2O.C22H21N3O.C18H21N3O2/c1-23(2)20-13-9-16-8-12-18(15-6-10-17(28-5)11-7-15)26-21(16)24(20,3)14-19(25-4)22(23)27;1-22(2)19-12-10-14-9-11-17(15-7-5-6-8-16(15)24)26-20(14)23(19,3)13-18(25-4)21(22)27;1-4-17-18-12-10-16-11-13-19(15-8-6-5-7-9-15)25-22(16)23(18,2)14-20(24-3)21(17)26;1-21(2)18-10-8-14-7-9-16(15-6-5-11-24-13-15)25-19(14)22(18,3)12-17(23-4)20(21)26;1-10-20-14-11(16(21-10)23-6)7-8-13-17(2,3)15(22)12(19-5)9-18(13,14)4/h6-8,10-12,14,20H,9,13H2,1-3,5H3;5-9,11,13,19H,10,12H2,1-3H3;5-9,11,13-14,17-18H,4,10,12H2,1-2H3;5-7,9,11-13,18H,8,10H2,1-3H3;9,13H,7-8H2,1-4,6H3/t20-,24-;19-,23-;17-,18-,23-;18-,22-;13-,18-/m00000/s1. The monoisotopic (exact) mass is 1740 g/mol. The topological polar surface area (TPSA) is 216 Å². The van der Waals surface area contributed by atoms with Crippen LogP contribution in [0.15, 0.2) is 211 Å². The van der Waals surface area contributed by atoms with E-state index < -0.39 is 43.3 Å². The third-order valence-corrected chi connectivity index (χ3v) is 30.9. The Morgan fingerprint density at radius 1 is 0.385 bits per heavy atom. The van der Waals surface area contributed by atoms with Crippen molar-refractivity contribution in [3.63, 3.8) is 0 Å². The number of halogens is 1. The van der Waals surface area contributed by atoms with Gasteiger partial charge in [0.1, 0.15) is 11.6 Å². The van der Waals surface area contributed by atoms with Gasteiger partial charge in [-0.05, 0) is 196 Å². The van der Waals surface area contributed by atoms with Crippen LogP contribution in [0, 0.1) is 97.0 Å². The Morgan fingerprint density at radius 2 is 0.754 bits per heavy atom. The van der Waals surface area contributed by atoms with Crippen LogP contribution in [0.1, 0.15) is 198 Å². The molecule has 0 aliphatic heterocycles. The first-order valence-corrected chi connectivity index (χ1v) is 45.2. The summed E-state index contributed by atoms with van der Waals surface area (Å²) in [6.07, 6.45) is 22.7. The Balaban J connectivity index is 0.000000125. The number of benzene rings is 3. The summed E-state index contributed by atoms with van der Waals surface area (Å²) in [6, 6.07) is 46.4. The summed E-state index contributed by atoms with van der Waals surface area (Å²) in [5.74, 6) is 2.53. The second-order valence-corrected chi connectivity index (χ2v) is 39.9. The SMILES string of the molecule is [C-]#[N+]C1=C[C@]2(C)c3nc(-c4ccc(OC)cc4)ccc3CC[C@H]2C(C)(C)C1=O.[C-]#[N+]C1=C[C@]2(C)c3nc(-c4ccccc4)ccc3CC[C@H]2[C@H](CC)C1=O.[C-]#[N+]C1=C[C@]2(C)c3nc(-c4ccccc4Cl)ccc3CC[C@H]2C(C)(C)C1=O.[C-]#[N+]C1=C[C@]2(C)c3nc(-c4cccnc4)ccc3CC[C@H]2C(C)(C)C1=O.[C-]#[N+]C1=C[C@]2(C)c3nc(C)nc(OC)c3CC[C@H]2C(C)(C)C1=O. The van der Waals surface area contributed by atoms with Crippen LogP contribution >= 0.6 is 11.6 Å². The summed E-state index contributed by atoms with van der Waals surface area (Å²) in [5.41, 5.74) is 15.2. The summed E-state index contributed by atoms with van der Waals surface area (Å²) < 4.78 is 10.7. The van der Waals surface area contributed by atoms with Crippen molar-refractivity contribution in [1.29, 1.82) is 0 Å². The van der Waals surface area contributed by atoms with Gasteiger partial charge in [0, 0.05) is 99.9 Å². The predicted molar refractivity (Wildman–Crippen MR) is 505 cm³/mol. The number of hydrogen-bond donors (Lipinski definition) is 0. The minimum absolute atomic E-state index is 0.0210. The highest BCUT2D eigenvalue weighted by Crippen LogP contribution is 2.61. The number of carbonyl (C=O) groups excluding carboxylic acids is 5. The highest BCUT2D eigenvalue weighted by molar-refractivity contribution is 6.33. The minimum Gasteiger partial charge on any atom is -0.497 e. The lowest BCUT2D eigenvalue weighted by Crippen LogP contribution is -2.51. The number of aryl methyl sites for hydroxylation is 5. The van der Waals surface area contributed by atoms with Gasteiger partial charge >= 0.3 is 0 Å². The largest absolute Gasteiger partial charge is 0.497 e. The number of carbonyl (C=O) groups is 5. The molecule has 0 N–H and O–H groups in total. The van der Waals surface area contributed by atoms with Crippen molar-refractivity contribution in [1.82, 2.24) is 34.9 Å². The van der Waals surface area contributed by atoms with E-state index in [-0.39, 0.29) is 98.3 Å². The molecule has 0 amide bonds. The third-order valence-electron chi connectivity index (χ3n) is 30.5. The Kier molecular flexibility index (Phi) is 24.5. The molecule has 6 heterocycles. The van der Waals surface area contributed by atoms with E-state index >= 15 is 0 Å². The Morgan fingerprint density at radius 3 is 1.16 bits per heavy atom. The van der Waals surface area contributed by atoms with Gasteiger partial charge in [0.2, 0.25) is 34.4 Å². The quantitative estimate of drug-likeness (QED) is 0.136. The van der Waals surface area contributed by atoms with Crippen LogP contribution in [0.4, 0.5) is 0 Å². The highest BCUT2D eigenvalue weighted by Gasteiger charge is 2.60. The van der Waals surface area contributed by atoms with E-state index in [1.54, 1.807) is 20.4 Å². The fourth-order valence-corrected chi connectivity index (χ4v) is 24.2. The highest BCUT2D eigenvalue weighted by atomic mass is 35.5. The molecule has 0 fully saturated rings. The zero-order valence-corrected chi connectivity index (χ0v) is 77.9.